The van der Waals surface area contributed by atoms with Gasteiger partial charge in [-0.25, -0.2) is 0 Å². The first-order valence-corrected chi connectivity index (χ1v) is 6.17. The van der Waals surface area contributed by atoms with Crippen molar-refractivity contribution in [2.75, 3.05) is 18.0 Å². The number of nitrogens with two attached hydrogens (primary N) is 1. The molecular weight excluding hydrogens is 212 g/mol. The lowest BCUT2D eigenvalue weighted by Gasteiger charge is -2.18. The summed E-state index contributed by atoms with van der Waals surface area (Å²) in [5, 5.41) is 0. The standard InChI is InChI=1S/C14H20N2O/c1-4-16-12-6-5-10(7-8-15)9-11(12)14(2,3)13(16)17/h5-6,9H,4,7-8,15H2,1-3H3. The molecule has 0 radical (unpaired) electrons. The van der Waals surface area contributed by atoms with Crippen LogP contribution in [0.25, 0.3) is 0 Å². The van der Waals surface area contributed by atoms with E-state index in [0.717, 1.165) is 24.2 Å². The van der Waals surface area contributed by atoms with Gasteiger partial charge in [0.05, 0.1) is 5.41 Å². The molecule has 1 aromatic carbocycles. The molecule has 0 saturated carbocycles. The van der Waals surface area contributed by atoms with Crippen LogP contribution in [0, 0.1) is 0 Å². The molecule has 1 aromatic rings. The van der Waals surface area contributed by atoms with Crippen LogP contribution in [-0.4, -0.2) is 19.0 Å². The maximum Gasteiger partial charge on any atom is 0.237 e. The van der Waals surface area contributed by atoms with Crippen LogP contribution in [0.3, 0.4) is 0 Å². The molecule has 3 nitrogen and oxygen atoms in total. The fourth-order valence-electron chi connectivity index (χ4n) is 2.52. The molecule has 2 N–H and O–H groups in total. The first kappa shape index (κ1) is 12.1. The van der Waals surface area contributed by atoms with Gasteiger partial charge in [-0.1, -0.05) is 12.1 Å². The van der Waals surface area contributed by atoms with Gasteiger partial charge in [-0.2, -0.15) is 0 Å². The Morgan fingerprint density at radius 3 is 2.65 bits per heavy atom. The van der Waals surface area contributed by atoms with Gasteiger partial charge in [-0.3, -0.25) is 4.79 Å². The van der Waals surface area contributed by atoms with E-state index in [4.69, 9.17) is 5.73 Å². The van der Waals surface area contributed by atoms with Crippen LogP contribution in [0.15, 0.2) is 18.2 Å². The highest BCUT2D eigenvalue weighted by molar-refractivity contribution is 6.07. The zero-order valence-corrected chi connectivity index (χ0v) is 10.8. The van der Waals surface area contributed by atoms with E-state index in [0.29, 0.717) is 6.54 Å². The molecule has 0 aromatic heterocycles. The molecule has 1 aliphatic rings. The van der Waals surface area contributed by atoms with Gasteiger partial charge in [-0.05, 0) is 50.9 Å². The molecule has 0 atom stereocenters. The number of hydrogen-bond donors (Lipinski definition) is 1. The van der Waals surface area contributed by atoms with E-state index < -0.39 is 5.41 Å². The SMILES string of the molecule is CCN1C(=O)C(C)(C)c2cc(CCN)ccc21. The Bertz CT molecular complexity index is 452. The van der Waals surface area contributed by atoms with Gasteiger partial charge in [0.2, 0.25) is 5.91 Å². The van der Waals surface area contributed by atoms with E-state index in [1.807, 2.05) is 25.7 Å². The summed E-state index contributed by atoms with van der Waals surface area (Å²) in [7, 11) is 0. The average Bonchev–Trinajstić information content (AvgIpc) is 2.49. The molecule has 3 heteroatoms. The highest BCUT2D eigenvalue weighted by atomic mass is 16.2. The number of nitrogens with zero attached hydrogens (tertiary/aromatic N) is 1. The minimum atomic E-state index is -0.407. The molecule has 0 saturated heterocycles. The molecule has 0 unspecified atom stereocenters. The number of amides is 1. The number of likely N-dealkylation sites (N-methyl/N-ethyl adjacent to an activating group) is 1. The summed E-state index contributed by atoms with van der Waals surface area (Å²) in [6.45, 7) is 7.37. The second-order valence-corrected chi connectivity index (χ2v) is 5.06. The zero-order valence-electron chi connectivity index (χ0n) is 10.8. The molecule has 1 aliphatic heterocycles. The molecule has 0 bridgehead atoms. The molecule has 0 aliphatic carbocycles. The summed E-state index contributed by atoms with van der Waals surface area (Å²) in [6.07, 6.45) is 0.865. The fourth-order valence-corrected chi connectivity index (χ4v) is 2.52. The third kappa shape index (κ3) is 1.75. The molecule has 1 heterocycles. The maximum absolute atomic E-state index is 12.3. The first-order valence-electron chi connectivity index (χ1n) is 6.17. The predicted octanol–water partition coefficient (Wildman–Crippen LogP) is 1.83. The maximum atomic E-state index is 12.3. The normalized spacial score (nSPS) is 17.4. The van der Waals surface area contributed by atoms with Gasteiger partial charge in [-0.15, -0.1) is 0 Å². The van der Waals surface area contributed by atoms with Crippen molar-refractivity contribution >= 4 is 11.6 Å². The quantitative estimate of drug-likeness (QED) is 0.864. The van der Waals surface area contributed by atoms with Crippen LogP contribution in [-0.2, 0) is 16.6 Å². The molecule has 17 heavy (non-hydrogen) atoms. The molecule has 1 amide bonds. The average molecular weight is 232 g/mol. The fraction of sp³-hybridized carbons (Fsp3) is 0.500. The lowest BCUT2D eigenvalue weighted by molar-refractivity contribution is -0.122. The molecule has 92 valence electrons. The smallest absolute Gasteiger partial charge is 0.237 e. The number of carbonyl (C=O) groups excluding carboxylic acids is 1. The number of hydrogen-bond acceptors (Lipinski definition) is 2. The summed E-state index contributed by atoms with van der Waals surface area (Å²) in [6, 6.07) is 6.26. The topological polar surface area (TPSA) is 46.3 Å². The van der Waals surface area contributed by atoms with Crippen molar-refractivity contribution in [1.82, 2.24) is 0 Å². The number of benzene rings is 1. The third-order valence-electron chi connectivity index (χ3n) is 3.55. The largest absolute Gasteiger partial charge is 0.330 e. The van der Waals surface area contributed by atoms with Crippen LogP contribution in [0.4, 0.5) is 5.69 Å². The molecule has 0 fully saturated rings. The zero-order chi connectivity index (χ0) is 12.6. The highest BCUT2D eigenvalue weighted by Crippen LogP contribution is 2.41. The molecule has 2 rings (SSSR count). The van der Waals surface area contributed by atoms with E-state index in [-0.39, 0.29) is 5.91 Å². The summed E-state index contributed by atoms with van der Waals surface area (Å²) in [5.41, 5.74) is 8.58. The third-order valence-corrected chi connectivity index (χ3v) is 3.55. The Morgan fingerprint density at radius 1 is 1.35 bits per heavy atom. The first-order chi connectivity index (χ1) is 8.02. The Hall–Kier alpha value is -1.35. The van der Waals surface area contributed by atoms with Gasteiger partial charge in [0.1, 0.15) is 0 Å². The Balaban J connectivity index is 2.51. The van der Waals surface area contributed by atoms with Crippen molar-refractivity contribution in [2.24, 2.45) is 5.73 Å². The Kier molecular flexibility index (Phi) is 2.96. The van der Waals surface area contributed by atoms with E-state index in [9.17, 15) is 4.79 Å². The summed E-state index contributed by atoms with van der Waals surface area (Å²) >= 11 is 0. The van der Waals surface area contributed by atoms with E-state index in [1.165, 1.54) is 5.56 Å². The molecular formula is C14H20N2O. The lowest BCUT2D eigenvalue weighted by atomic mass is 9.85. The summed E-state index contributed by atoms with van der Waals surface area (Å²) < 4.78 is 0. The van der Waals surface area contributed by atoms with Crippen LogP contribution in [0.1, 0.15) is 31.9 Å². The summed E-state index contributed by atoms with van der Waals surface area (Å²) in [5.74, 6) is 0.194. The van der Waals surface area contributed by atoms with Crippen molar-refractivity contribution in [1.29, 1.82) is 0 Å². The van der Waals surface area contributed by atoms with Crippen molar-refractivity contribution in [3.8, 4) is 0 Å². The summed E-state index contributed by atoms with van der Waals surface area (Å²) in [4.78, 5) is 14.1. The Morgan fingerprint density at radius 2 is 2.06 bits per heavy atom. The number of anilines is 1. The van der Waals surface area contributed by atoms with E-state index in [2.05, 4.69) is 18.2 Å². The number of fused-ring (bicyclic) bond motifs is 1. The number of rotatable bonds is 3. The van der Waals surface area contributed by atoms with Crippen molar-refractivity contribution in [2.45, 2.75) is 32.6 Å². The van der Waals surface area contributed by atoms with Crippen molar-refractivity contribution in [3.63, 3.8) is 0 Å². The van der Waals surface area contributed by atoms with E-state index >= 15 is 0 Å². The van der Waals surface area contributed by atoms with Gasteiger partial charge >= 0.3 is 0 Å². The van der Waals surface area contributed by atoms with Gasteiger partial charge in [0.25, 0.3) is 0 Å². The van der Waals surface area contributed by atoms with Gasteiger partial charge < -0.3 is 10.6 Å². The van der Waals surface area contributed by atoms with Crippen molar-refractivity contribution < 1.29 is 4.79 Å². The second kappa shape index (κ2) is 4.15. The van der Waals surface area contributed by atoms with Gasteiger partial charge in [0, 0.05) is 12.2 Å². The van der Waals surface area contributed by atoms with Crippen molar-refractivity contribution in [3.05, 3.63) is 29.3 Å². The second-order valence-electron chi connectivity index (χ2n) is 5.06. The Labute approximate surface area is 103 Å². The van der Waals surface area contributed by atoms with Gasteiger partial charge in [0.15, 0.2) is 0 Å². The molecule has 0 spiro atoms. The highest BCUT2D eigenvalue weighted by Gasteiger charge is 2.43. The minimum Gasteiger partial charge on any atom is -0.330 e. The van der Waals surface area contributed by atoms with Crippen LogP contribution in [0.2, 0.25) is 0 Å². The van der Waals surface area contributed by atoms with E-state index in [1.54, 1.807) is 0 Å². The van der Waals surface area contributed by atoms with Crippen LogP contribution < -0.4 is 10.6 Å². The minimum absolute atomic E-state index is 0.194. The number of carbonyl (C=O) groups is 1. The monoisotopic (exact) mass is 232 g/mol. The predicted molar refractivity (Wildman–Crippen MR) is 70.3 cm³/mol. The lowest BCUT2D eigenvalue weighted by Crippen LogP contribution is -2.35. The van der Waals surface area contributed by atoms with Crippen LogP contribution in [0.5, 0.6) is 0 Å². The van der Waals surface area contributed by atoms with Crippen LogP contribution >= 0.6 is 0 Å².